The normalized spacial score (nSPS) is 17.4. The Balaban J connectivity index is 1.53. The number of rotatable bonds is 2. The number of fused-ring (bicyclic) bond motifs is 2. The summed E-state index contributed by atoms with van der Waals surface area (Å²) in [6.07, 6.45) is 5.30. The number of para-hydroxylation sites is 1. The van der Waals surface area contributed by atoms with Crippen molar-refractivity contribution < 1.29 is 4.79 Å². The first-order valence-electron chi connectivity index (χ1n) is 8.68. The van der Waals surface area contributed by atoms with E-state index in [1.807, 2.05) is 36.1 Å². The number of amides is 1. The molecule has 0 radical (unpaired) electrons. The third kappa shape index (κ3) is 2.31. The van der Waals surface area contributed by atoms with Crippen LogP contribution in [0.3, 0.4) is 0 Å². The lowest BCUT2D eigenvalue weighted by atomic mass is 10.2. The second kappa shape index (κ2) is 5.88. The first kappa shape index (κ1) is 15.5. The molecule has 0 N–H and O–H groups in total. The summed E-state index contributed by atoms with van der Waals surface area (Å²) in [5.41, 5.74) is 3.18. The van der Waals surface area contributed by atoms with Gasteiger partial charge in [-0.05, 0) is 31.9 Å². The number of aryl methyl sites for hydroxylation is 1. The van der Waals surface area contributed by atoms with Gasteiger partial charge < -0.3 is 4.90 Å². The minimum Gasteiger partial charge on any atom is -0.329 e. The zero-order valence-electron chi connectivity index (χ0n) is 14.3. The van der Waals surface area contributed by atoms with Gasteiger partial charge in [-0.15, -0.1) is 11.3 Å². The second-order valence-electron chi connectivity index (χ2n) is 6.53. The van der Waals surface area contributed by atoms with Crippen molar-refractivity contribution in [1.82, 2.24) is 24.5 Å². The van der Waals surface area contributed by atoms with E-state index in [-0.39, 0.29) is 11.9 Å². The van der Waals surface area contributed by atoms with Gasteiger partial charge >= 0.3 is 0 Å². The molecule has 1 amide bonds. The highest BCUT2D eigenvalue weighted by Crippen LogP contribution is 2.37. The molecule has 1 fully saturated rings. The van der Waals surface area contributed by atoms with Gasteiger partial charge in [-0.1, -0.05) is 12.1 Å². The Morgan fingerprint density at radius 2 is 2.15 bits per heavy atom. The molecular formula is C19H17N5OS. The van der Waals surface area contributed by atoms with Gasteiger partial charge in [0.15, 0.2) is 5.65 Å². The van der Waals surface area contributed by atoms with Gasteiger partial charge in [0.25, 0.3) is 5.91 Å². The van der Waals surface area contributed by atoms with Crippen molar-refractivity contribution >= 4 is 33.1 Å². The Morgan fingerprint density at radius 3 is 3.04 bits per heavy atom. The fourth-order valence-corrected chi connectivity index (χ4v) is 4.77. The predicted octanol–water partition coefficient (Wildman–Crippen LogP) is 3.62. The van der Waals surface area contributed by atoms with E-state index in [0.29, 0.717) is 5.56 Å². The van der Waals surface area contributed by atoms with Crippen molar-refractivity contribution in [2.45, 2.75) is 25.8 Å². The van der Waals surface area contributed by atoms with Crippen LogP contribution in [0.5, 0.6) is 0 Å². The fourth-order valence-electron chi connectivity index (χ4n) is 3.65. The summed E-state index contributed by atoms with van der Waals surface area (Å²) in [5.74, 6) is 0.00848. The van der Waals surface area contributed by atoms with E-state index in [0.717, 1.165) is 46.0 Å². The molecule has 1 aromatic carbocycles. The van der Waals surface area contributed by atoms with Crippen LogP contribution >= 0.6 is 11.3 Å². The van der Waals surface area contributed by atoms with Gasteiger partial charge in [0.05, 0.1) is 33.7 Å². The first-order valence-corrected chi connectivity index (χ1v) is 9.50. The minimum absolute atomic E-state index is 0.00848. The number of hydrogen-bond donors (Lipinski definition) is 0. The smallest absolute Gasteiger partial charge is 0.257 e. The highest BCUT2D eigenvalue weighted by Gasteiger charge is 2.33. The van der Waals surface area contributed by atoms with Gasteiger partial charge in [-0.3, -0.25) is 4.79 Å². The van der Waals surface area contributed by atoms with Crippen molar-refractivity contribution in [3.63, 3.8) is 0 Å². The molecule has 4 aromatic rings. The molecule has 1 aliphatic rings. The summed E-state index contributed by atoms with van der Waals surface area (Å²) in [6, 6.07) is 10.00. The van der Waals surface area contributed by atoms with E-state index in [4.69, 9.17) is 4.98 Å². The summed E-state index contributed by atoms with van der Waals surface area (Å²) in [5, 5.41) is 5.28. The van der Waals surface area contributed by atoms with E-state index >= 15 is 0 Å². The summed E-state index contributed by atoms with van der Waals surface area (Å²) in [7, 11) is 0. The molecule has 3 aromatic heterocycles. The summed E-state index contributed by atoms with van der Waals surface area (Å²) in [6.45, 7) is 2.66. The lowest BCUT2D eigenvalue weighted by molar-refractivity contribution is 0.0733. The van der Waals surface area contributed by atoms with Crippen LogP contribution in [0.2, 0.25) is 0 Å². The summed E-state index contributed by atoms with van der Waals surface area (Å²) < 4.78 is 2.88. The molecule has 1 aliphatic heterocycles. The van der Waals surface area contributed by atoms with Crippen LogP contribution in [0.25, 0.3) is 15.9 Å². The summed E-state index contributed by atoms with van der Waals surface area (Å²) >= 11 is 1.68. The van der Waals surface area contributed by atoms with Gasteiger partial charge in [0.1, 0.15) is 5.01 Å². The number of likely N-dealkylation sites (tertiary alicyclic amines) is 1. The second-order valence-corrected chi connectivity index (χ2v) is 7.60. The van der Waals surface area contributed by atoms with Crippen molar-refractivity contribution in [2.24, 2.45) is 0 Å². The van der Waals surface area contributed by atoms with Crippen LogP contribution in [-0.4, -0.2) is 36.9 Å². The van der Waals surface area contributed by atoms with Crippen molar-refractivity contribution in [3.05, 3.63) is 59.0 Å². The van der Waals surface area contributed by atoms with Crippen LogP contribution in [0.1, 0.15) is 39.9 Å². The molecule has 0 bridgehead atoms. The van der Waals surface area contributed by atoms with Gasteiger partial charge in [0, 0.05) is 18.8 Å². The number of carbonyl (C=O) groups excluding carboxylic acids is 1. The standard InChI is InChI=1S/C19H17N5OS/c1-12-13(11-20-17-8-9-21-24(12)17)19(25)23-10-4-6-15(23)18-22-14-5-2-3-7-16(14)26-18/h2-3,5,7-9,11,15H,4,6,10H2,1H3/t15-/m0/s1. The molecule has 0 spiro atoms. The molecule has 6 nitrogen and oxygen atoms in total. The zero-order chi connectivity index (χ0) is 17.7. The Morgan fingerprint density at radius 1 is 1.27 bits per heavy atom. The Hall–Kier alpha value is -2.80. The van der Waals surface area contributed by atoms with E-state index in [9.17, 15) is 4.79 Å². The van der Waals surface area contributed by atoms with Gasteiger partial charge in [-0.2, -0.15) is 5.10 Å². The Labute approximate surface area is 154 Å². The largest absolute Gasteiger partial charge is 0.329 e. The third-order valence-corrected chi connectivity index (χ3v) is 6.13. The predicted molar refractivity (Wildman–Crippen MR) is 100 cm³/mol. The molecule has 0 unspecified atom stereocenters. The topological polar surface area (TPSA) is 63.4 Å². The molecule has 1 saturated heterocycles. The number of thiazole rings is 1. The molecular weight excluding hydrogens is 346 g/mol. The maximum Gasteiger partial charge on any atom is 0.257 e. The number of benzene rings is 1. The Bertz CT molecular complexity index is 1100. The lowest BCUT2D eigenvalue weighted by Gasteiger charge is -2.23. The van der Waals surface area contributed by atoms with Gasteiger partial charge in [-0.25, -0.2) is 14.5 Å². The molecule has 130 valence electrons. The molecule has 26 heavy (non-hydrogen) atoms. The number of nitrogens with zero attached hydrogens (tertiary/aromatic N) is 5. The van der Waals surface area contributed by atoms with Crippen LogP contribution in [0.4, 0.5) is 0 Å². The van der Waals surface area contributed by atoms with Crippen molar-refractivity contribution in [1.29, 1.82) is 0 Å². The van der Waals surface area contributed by atoms with Crippen LogP contribution in [-0.2, 0) is 0 Å². The quantitative estimate of drug-likeness (QED) is 0.546. The maximum absolute atomic E-state index is 13.3. The minimum atomic E-state index is 0.00848. The van der Waals surface area contributed by atoms with Crippen molar-refractivity contribution in [3.8, 4) is 0 Å². The molecule has 4 heterocycles. The first-order chi connectivity index (χ1) is 12.7. The highest BCUT2D eigenvalue weighted by atomic mass is 32.1. The van der Waals surface area contributed by atoms with Crippen LogP contribution in [0.15, 0.2) is 42.7 Å². The average molecular weight is 363 g/mol. The van der Waals surface area contributed by atoms with E-state index in [1.54, 1.807) is 28.2 Å². The number of carbonyl (C=O) groups is 1. The average Bonchev–Trinajstić information content (AvgIpc) is 3.38. The Kier molecular flexibility index (Phi) is 3.49. The lowest BCUT2D eigenvalue weighted by Crippen LogP contribution is -2.31. The van der Waals surface area contributed by atoms with E-state index in [1.165, 1.54) is 0 Å². The molecule has 0 saturated carbocycles. The third-order valence-electron chi connectivity index (χ3n) is 5.00. The molecule has 1 atom stereocenters. The summed E-state index contributed by atoms with van der Waals surface area (Å²) in [4.78, 5) is 24.3. The SMILES string of the molecule is Cc1c(C(=O)N2CCC[C@H]2c2nc3ccccc3s2)cnc2ccnn12. The van der Waals surface area contributed by atoms with Crippen molar-refractivity contribution in [2.75, 3.05) is 6.54 Å². The fraction of sp³-hybridized carbons (Fsp3) is 0.263. The van der Waals surface area contributed by atoms with Gasteiger partial charge in [0.2, 0.25) is 0 Å². The number of hydrogen-bond acceptors (Lipinski definition) is 5. The zero-order valence-corrected chi connectivity index (χ0v) is 15.1. The monoisotopic (exact) mass is 363 g/mol. The number of aromatic nitrogens is 4. The maximum atomic E-state index is 13.3. The molecule has 5 rings (SSSR count). The van der Waals surface area contributed by atoms with E-state index in [2.05, 4.69) is 16.1 Å². The van der Waals surface area contributed by atoms with Crippen LogP contribution in [0, 0.1) is 6.92 Å². The molecule has 0 aliphatic carbocycles. The van der Waals surface area contributed by atoms with E-state index < -0.39 is 0 Å². The molecule has 7 heteroatoms. The van der Waals surface area contributed by atoms with Crippen LogP contribution < -0.4 is 0 Å². The highest BCUT2D eigenvalue weighted by molar-refractivity contribution is 7.18.